The van der Waals surface area contributed by atoms with E-state index in [1.807, 2.05) is 6.92 Å². The number of hydrogen-bond acceptors (Lipinski definition) is 4. The van der Waals surface area contributed by atoms with Crippen molar-refractivity contribution < 1.29 is 9.90 Å². The normalized spacial score (nSPS) is 13.7. The Morgan fingerprint density at radius 1 is 1.48 bits per heavy atom. The Kier molecular flexibility index (Phi) is 5.23. The van der Waals surface area contributed by atoms with Crippen molar-refractivity contribution in [3.63, 3.8) is 0 Å². The second kappa shape index (κ2) is 6.97. The molecule has 1 amide bonds. The van der Waals surface area contributed by atoms with Gasteiger partial charge in [0.15, 0.2) is 0 Å². The molecule has 2 atom stereocenters. The van der Waals surface area contributed by atoms with Crippen LogP contribution in [0.1, 0.15) is 25.7 Å². The number of nitrogens with zero attached hydrogens (tertiary/aromatic N) is 2. The van der Waals surface area contributed by atoms with Gasteiger partial charge in [0.05, 0.1) is 22.0 Å². The highest BCUT2D eigenvalue weighted by Gasteiger charge is 2.17. The maximum atomic E-state index is 12.8. The van der Waals surface area contributed by atoms with E-state index in [2.05, 4.69) is 10.3 Å². The molecule has 0 spiro atoms. The summed E-state index contributed by atoms with van der Waals surface area (Å²) in [6, 6.07) is 4.64. The summed E-state index contributed by atoms with van der Waals surface area (Å²) in [5.74, 6) is 0.343. The molecule has 8 heteroatoms. The van der Waals surface area contributed by atoms with Crippen molar-refractivity contribution in [3.05, 3.63) is 39.4 Å². The number of rotatable bonds is 5. The lowest BCUT2D eigenvalue weighted by Gasteiger charge is -2.19. The van der Waals surface area contributed by atoms with Gasteiger partial charge in [0, 0.05) is 13.1 Å². The van der Waals surface area contributed by atoms with Gasteiger partial charge in [-0.1, -0.05) is 24.6 Å². The van der Waals surface area contributed by atoms with Gasteiger partial charge in [0.25, 0.3) is 5.56 Å². The van der Waals surface area contributed by atoms with E-state index in [9.17, 15) is 9.59 Å². The number of carbonyl (C=O) groups is 1. The van der Waals surface area contributed by atoms with Crippen molar-refractivity contribution in [2.75, 3.05) is 6.54 Å². The summed E-state index contributed by atoms with van der Waals surface area (Å²) in [5.41, 5.74) is 6.18. The van der Waals surface area contributed by atoms with Crippen LogP contribution in [0, 0.1) is 5.92 Å². The van der Waals surface area contributed by atoms with Crippen molar-refractivity contribution in [2.45, 2.75) is 26.4 Å². The Bertz CT molecular complexity index is 788. The first-order valence-corrected chi connectivity index (χ1v) is 7.60. The van der Waals surface area contributed by atoms with Crippen LogP contribution in [0.2, 0.25) is 5.02 Å². The summed E-state index contributed by atoms with van der Waals surface area (Å²) in [6.07, 6.45) is -1.10. The SMILES string of the molecule is CC(CNC(=O)O)Cn1c([C@H](C)N)nc2cccc(Cl)c2c1=O. The third kappa shape index (κ3) is 3.80. The molecule has 0 saturated heterocycles. The molecule has 7 nitrogen and oxygen atoms in total. The van der Waals surface area contributed by atoms with Gasteiger partial charge in [-0.3, -0.25) is 9.36 Å². The number of aromatic nitrogens is 2. The van der Waals surface area contributed by atoms with Crippen LogP contribution in [0.5, 0.6) is 0 Å². The number of hydrogen-bond donors (Lipinski definition) is 3. The second-order valence-corrected chi connectivity index (χ2v) is 6.01. The molecule has 124 valence electrons. The lowest BCUT2D eigenvalue weighted by atomic mass is 10.1. The van der Waals surface area contributed by atoms with Gasteiger partial charge in [0.1, 0.15) is 5.82 Å². The topological polar surface area (TPSA) is 110 Å². The van der Waals surface area contributed by atoms with Crippen molar-refractivity contribution in [1.82, 2.24) is 14.9 Å². The molecule has 1 aromatic heterocycles. The first kappa shape index (κ1) is 17.2. The highest BCUT2D eigenvalue weighted by Crippen LogP contribution is 2.20. The predicted molar refractivity (Wildman–Crippen MR) is 88.8 cm³/mol. The fraction of sp³-hybridized carbons (Fsp3) is 0.400. The van der Waals surface area contributed by atoms with Crippen LogP contribution >= 0.6 is 11.6 Å². The van der Waals surface area contributed by atoms with E-state index in [1.54, 1.807) is 25.1 Å². The average molecular weight is 339 g/mol. The second-order valence-electron chi connectivity index (χ2n) is 5.60. The van der Waals surface area contributed by atoms with E-state index in [-0.39, 0.29) is 18.0 Å². The van der Waals surface area contributed by atoms with Crippen LogP contribution in [-0.2, 0) is 6.54 Å². The molecule has 0 radical (unpaired) electrons. The van der Waals surface area contributed by atoms with Gasteiger partial charge >= 0.3 is 6.09 Å². The minimum Gasteiger partial charge on any atom is -0.465 e. The lowest BCUT2D eigenvalue weighted by molar-refractivity contribution is 0.192. The van der Waals surface area contributed by atoms with Crippen molar-refractivity contribution in [1.29, 1.82) is 0 Å². The maximum Gasteiger partial charge on any atom is 0.404 e. The Balaban J connectivity index is 2.50. The van der Waals surface area contributed by atoms with E-state index < -0.39 is 12.1 Å². The fourth-order valence-corrected chi connectivity index (χ4v) is 2.65. The van der Waals surface area contributed by atoms with Crippen molar-refractivity contribution >= 4 is 28.6 Å². The summed E-state index contributed by atoms with van der Waals surface area (Å²) in [6.45, 7) is 4.10. The standard InChI is InChI=1S/C15H19ClN4O3/c1-8(6-18-15(22)23)7-20-13(9(2)17)19-11-5-3-4-10(16)12(11)14(20)21/h3-5,8-9,18H,6-7,17H2,1-2H3,(H,22,23)/t8?,9-/m0/s1. The third-order valence-corrected chi connectivity index (χ3v) is 3.78. The molecule has 0 saturated carbocycles. The number of amides is 1. The molecule has 1 aromatic carbocycles. The first-order valence-electron chi connectivity index (χ1n) is 7.22. The molecule has 2 rings (SSSR count). The molecule has 0 fully saturated rings. The molecule has 2 aromatic rings. The van der Waals surface area contributed by atoms with Gasteiger partial charge in [-0.2, -0.15) is 0 Å². The Hall–Kier alpha value is -2.12. The van der Waals surface area contributed by atoms with E-state index in [0.717, 1.165) is 0 Å². The fourth-order valence-electron chi connectivity index (χ4n) is 2.40. The molecular formula is C15H19ClN4O3. The molecule has 0 aliphatic carbocycles. The minimum atomic E-state index is -1.10. The molecule has 0 aliphatic rings. The predicted octanol–water partition coefficient (Wildman–Crippen LogP) is 1.97. The zero-order valence-corrected chi connectivity index (χ0v) is 13.7. The Morgan fingerprint density at radius 3 is 2.78 bits per heavy atom. The molecule has 0 bridgehead atoms. The van der Waals surface area contributed by atoms with Crippen LogP contribution < -0.4 is 16.6 Å². The average Bonchev–Trinajstić information content (AvgIpc) is 2.47. The number of nitrogens with two attached hydrogens (primary N) is 1. The number of nitrogens with one attached hydrogen (secondary N) is 1. The van der Waals surface area contributed by atoms with E-state index in [4.69, 9.17) is 22.4 Å². The summed E-state index contributed by atoms with van der Waals surface area (Å²) in [4.78, 5) is 27.8. The van der Waals surface area contributed by atoms with E-state index in [1.165, 1.54) is 4.57 Å². The molecule has 1 unspecified atom stereocenters. The van der Waals surface area contributed by atoms with Gasteiger partial charge in [-0.25, -0.2) is 9.78 Å². The van der Waals surface area contributed by atoms with E-state index in [0.29, 0.717) is 28.3 Å². The van der Waals surface area contributed by atoms with Crippen LogP contribution in [0.4, 0.5) is 4.79 Å². The monoisotopic (exact) mass is 338 g/mol. The maximum absolute atomic E-state index is 12.8. The Morgan fingerprint density at radius 2 is 2.17 bits per heavy atom. The molecule has 4 N–H and O–H groups in total. The summed E-state index contributed by atoms with van der Waals surface area (Å²) >= 11 is 6.13. The molecular weight excluding hydrogens is 320 g/mol. The lowest BCUT2D eigenvalue weighted by Crippen LogP contribution is -2.34. The summed E-state index contributed by atoms with van der Waals surface area (Å²) in [7, 11) is 0. The van der Waals surface area contributed by atoms with Crippen LogP contribution in [0.3, 0.4) is 0 Å². The van der Waals surface area contributed by atoms with Gasteiger partial charge in [0.2, 0.25) is 0 Å². The van der Waals surface area contributed by atoms with Gasteiger partial charge in [-0.05, 0) is 25.0 Å². The number of carboxylic acid groups (broad SMARTS) is 1. The number of fused-ring (bicyclic) bond motifs is 1. The minimum absolute atomic E-state index is 0.108. The van der Waals surface area contributed by atoms with E-state index >= 15 is 0 Å². The van der Waals surface area contributed by atoms with Crippen molar-refractivity contribution in [3.8, 4) is 0 Å². The van der Waals surface area contributed by atoms with Gasteiger partial charge in [-0.15, -0.1) is 0 Å². The smallest absolute Gasteiger partial charge is 0.404 e. The molecule has 0 aliphatic heterocycles. The first-order chi connectivity index (χ1) is 10.8. The number of benzene rings is 1. The molecule has 1 heterocycles. The third-order valence-electron chi connectivity index (χ3n) is 3.47. The highest BCUT2D eigenvalue weighted by atomic mass is 35.5. The molecule has 23 heavy (non-hydrogen) atoms. The van der Waals surface area contributed by atoms with Crippen LogP contribution in [0.15, 0.2) is 23.0 Å². The van der Waals surface area contributed by atoms with Crippen LogP contribution in [0.25, 0.3) is 10.9 Å². The largest absolute Gasteiger partial charge is 0.465 e. The quantitative estimate of drug-likeness (QED) is 0.772. The van der Waals surface area contributed by atoms with Crippen LogP contribution in [-0.4, -0.2) is 27.3 Å². The zero-order chi connectivity index (χ0) is 17.1. The number of halogens is 1. The zero-order valence-electron chi connectivity index (χ0n) is 12.9. The van der Waals surface area contributed by atoms with Gasteiger partial charge < -0.3 is 16.2 Å². The summed E-state index contributed by atoms with van der Waals surface area (Å²) in [5, 5.41) is 11.7. The highest BCUT2D eigenvalue weighted by molar-refractivity contribution is 6.35. The van der Waals surface area contributed by atoms with Crippen molar-refractivity contribution in [2.24, 2.45) is 11.7 Å². The Labute approximate surface area is 138 Å². The summed E-state index contributed by atoms with van der Waals surface area (Å²) < 4.78 is 1.48.